The third kappa shape index (κ3) is 4.10. The van der Waals surface area contributed by atoms with Crippen LogP contribution >= 0.6 is 0 Å². The standard InChI is InChI=1S/C15H12N2O6/c18-15(9-11-5-2-1-3-6-11)23-10-12-13(16(19)20)7-4-8-14(12)17(21)22/h1-8H,9-10H2. The molecule has 0 aliphatic heterocycles. The summed E-state index contributed by atoms with van der Waals surface area (Å²) in [6.07, 6.45) is -0.0186. The molecule has 0 radical (unpaired) electrons. The van der Waals surface area contributed by atoms with Crippen molar-refractivity contribution in [3.8, 4) is 0 Å². The molecule has 0 N–H and O–H groups in total. The Morgan fingerprint density at radius 2 is 1.48 bits per heavy atom. The van der Waals surface area contributed by atoms with Gasteiger partial charge in [-0.3, -0.25) is 25.0 Å². The first-order valence-electron chi connectivity index (χ1n) is 6.59. The molecule has 0 aliphatic rings. The minimum Gasteiger partial charge on any atom is -0.460 e. The Kier molecular flexibility index (Phi) is 4.98. The van der Waals surface area contributed by atoms with Gasteiger partial charge in [0.05, 0.1) is 16.3 Å². The summed E-state index contributed by atoms with van der Waals surface area (Å²) >= 11 is 0. The number of nitro groups is 2. The molecule has 8 nitrogen and oxygen atoms in total. The van der Waals surface area contributed by atoms with Crippen LogP contribution in [-0.4, -0.2) is 15.8 Å². The SMILES string of the molecule is O=C(Cc1ccccc1)OCc1c([N+](=O)[O-])cccc1[N+](=O)[O-]. The summed E-state index contributed by atoms with van der Waals surface area (Å²) in [5.74, 6) is -0.622. The summed E-state index contributed by atoms with van der Waals surface area (Å²) in [4.78, 5) is 32.3. The summed E-state index contributed by atoms with van der Waals surface area (Å²) in [6, 6.07) is 12.3. The average Bonchev–Trinajstić information content (AvgIpc) is 2.53. The highest BCUT2D eigenvalue weighted by atomic mass is 16.6. The van der Waals surface area contributed by atoms with Gasteiger partial charge in [0.25, 0.3) is 11.4 Å². The lowest BCUT2D eigenvalue weighted by atomic mass is 10.1. The first-order valence-corrected chi connectivity index (χ1v) is 6.59. The van der Waals surface area contributed by atoms with Crippen molar-refractivity contribution in [1.29, 1.82) is 0 Å². The Labute approximate surface area is 130 Å². The van der Waals surface area contributed by atoms with Gasteiger partial charge in [0.2, 0.25) is 0 Å². The maximum absolute atomic E-state index is 11.8. The fraction of sp³-hybridized carbons (Fsp3) is 0.133. The van der Waals surface area contributed by atoms with Crippen LogP contribution in [0.1, 0.15) is 11.1 Å². The molecule has 0 fully saturated rings. The molecule has 0 spiro atoms. The van der Waals surface area contributed by atoms with Gasteiger partial charge in [-0.2, -0.15) is 0 Å². The van der Waals surface area contributed by atoms with E-state index in [2.05, 4.69) is 0 Å². The second-order valence-electron chi connectivity index (χ2n) is 4.61. The van der Waals surface area contributed by atoms with Crippen molar-refractivity contribution in [3.63, 3.8) is 0 Å². The van der Waals surface area contributed by atoms with Gasteiger partial charge in [-0.1, -0.05) is 30.3 Å². The number of esters is 1. The fourth-order valence-electron chi connectivity index (χ4n) is 2.02. The normalized spacial score (nSPS) is 10.1. The number of carbonyl (C=O) groups is 1. The molecule has 0 aromatic heterocycles. The Hall–Kier alpha value is -3.29. The van der Waals surface area contributed by atoms with Gasteiger partial charge in [-0.25, -0.2) is 0 Å². The molecular formula is C15H12N2O6. The van der Waals surface area contributed by atoms with E-state index >= 15 is 0 Å². The number of rotatable bonds is 6. The van der Waals surface area contributed by atoms with Gasteiger partial charge in [-0.15, -0.1) is 0 Å². The number of benzene rings is 2. The van der Waals surface area contributed by atoms with Gasteiger partial charge in [-0.05, 0) is 11.6 Å². The van der Waals surface area contributed by atoms with E-state index in [0.717, 1.165) is 17.7 Å². The second-order valence-corrected chi connectivity index (χ2v) is 4.61. The number of hydrogen-bond donors (Lipinski definition) is 0. The Balaban J connectivity index is 2.14. The zero-order valence-corrected chi connectivity index (χ0v) is 11.9. The topological polar surface area (TPSA) is 113 Å². The molecular weight excluding hydrogens is 304 g/mol. The monoisotopic (exact) mass is 316 g/mol. The predicted octanol–water partition coefficient (Wildman–Crippen LogP) is 2.79. The molecule has 0 saturated heterocycles. The molecule has 2 rings (SSSR count). The molecule has 0 aliphatic carbocycles. The number of nitrogens with zero attached hydrogens (tertiary/aromatic N) is 2. The smallest absolute Gasteiger partial charge is 0.310 e. The van der Waals surface area contributed by atoms with E-state index in [1.54, 1.807) is 30.3 Å². The zero-order chi connectivity index (χ0) is 16.8. The molecule has 23 heavy (non-hydrogen) atoms. The van der Waals surface area contributed by atoms with E-state index in [4.69, 9.17) is 4.74 Å². The van der Waals surface area contributed by atoms with Crippen molar-refractivity contribution in [2.75, 3.05) is 0 Å². The van der Waals surface area contributed by atoms with Gasteiger partial charge in [0.1, 0.15) is 12.2 Å². The summed E-state index contributed by atoms with van der Waals surface area (Å²) < 4.78 is 4.97. The van der Waals surface area contributed by atoms with Crippen molar-refractivity contribution in [2.45, 2.75) is 13.0 Å². The minimum atomic E-state index is -0.743. The number of hydrogen-bond acceptors (Lipinski definition) is 6. The Morgan fingerprint density at radius 3 is 2.00 bits per heavy atom. The Morgan fingerprint density at radius 1 is 0.913 bits per heavy atom. The highest BCUT2D eigenvalue weighted by Crippen LogP contribution is 2.28. The molecule has 0 heterocycles. The summed E-state index contributed by atoms with van der Waals surface area (Å²) in [5, 5.41) is 21.9. The van der Waals surface area contributed by atoms with Crippen LogP contribution in [0.5, 0.6) is 0 Å². The molecule has 2 aromatic carbocycles. The maximum Gasteiger partial charge on any atom is 0.310 e. The molecule has 0 atom stereocenters. The van der Waals surface area contributed by atoms with Crippen LogP contribution in [0.2, 0.25) is 0 Å². The van der Waals surface area contributed by atoms with Crippen LogP contribution in [0.15, 0.2) is 48.5 Å². The molecule has 118 valence electrons. The van der Waals surface area contributed by atoms with Crippen LogP contribution in [0, 0.1) is 20.2 Å². The largest absolute Gasteiger partial charge is 0.460 e. The highest BCUT2D eigenvalue weighted by molar-refractivity contribution is 5.72. The fourth-order valence-corrected chi connectivity index (χ4v) is 2.02. The van der Waals surface area contributed by atoms with E-state index in [1.807, 2.05) is 0 Å². The van der Waals surface area contributed by atoms with E-state index in [9.17, 15) is 25.0 Å². The lowest BCUT2D eigenvalue weighted by molar-refractivity contribution is -0.396. The van der Waals surface area contributed by atoms with Crippen molar-refractivity contribution in [2.24, 2.45) is 0 Å². The van der Waals surface area contributed by atoms with Crippen molar-refractivity contribution in [3.05, 3.63) is 79.9 Å². The van der Waals surface area contributed by atoms with Crippen LogP contribution in [0.25, 0.3) is 0 Å². The minimum absolute atomic E-state index is 0.0186. The van der Waals surface area contributed by atoms with E-state index < -0.39 is 33.8 Å². The lowest BCUT2D eigenvalue weighted by Gasteiger charge is -2.06. The van der Waals surface area contributed by atoms with Gasteiger partial charge in [0, 0.05) is 12.1 Å². The first kappa shape index (κ1) is 16.1. The number of carbonyl (C=O) groups excluding carboxylic acids is 1. The van der Waals surface area contributed by atoms with Crippen molar-refractivity contribution in [1.82, 2.24) is 0 Å². The van der Waals surface area contributed by atoms with Crippen LogP contribution in [-0.2, 0) is 22.6 Å². The summed E-state index contributed by atoms with van der Waals surface area (Å²) in [7, 11) is 0. The van der Waals surface area contributed by atoms with Crippen LogP contribution in [0.3, 0.4) is 0 Å². The van der Waals surface area contributed by atoms with Crippen LogP contribution in [0.4, 0.5) is 11.4 Å². The average molecular weight is 316 g/mol. The summed E-state index contributed by atoms with van der Waals surface area (Å²) in [5.41, 5.74) is -0.420. The molecule has 0 saturated carbocycles. The van der Waals surface area contributed by atoms with Gasteiger partial charge in [0.15, 0.2) is 0 Å². The highest BCUT2D eigenvalue weighted by Gasteiger charge is 2.25. The van der Waals surface area contributed by atoms with Gasteiger partial charge >= 0.3 is 5.97 Å². The molecule has 0 amide bonds. The summed E-state index contributed by atoms with van der Waals surface area (Å²) in [6.45, 7) is -0.529. The first-order chi connectivity index (χ1) is 11.0. The van der Waals surface area contributed by atoms with Crippen LogP contribution < -0.4 is 0 Å². The third-order valence-electron chi connectivity index (χ3n) is 3.09. The van der Waals surface area contributed by atoms with E-state index in [1.165, 1.54) is 6.07 Å². The van der Waals surface area contributed by atoms with Crippen molar-refractivity contribution >= 4 is 17.3 Å². The lowest BCUT2D eigenvalue weighted by Crippen LogP contribution is -2.10. The molecule has 8 heteroatoms. The predicted molar refractivity (Wildman–Crippen MR) is 79.7 cm³/mol. The third-order valence-corrected chi connectivity index (χ3v) is 3.09. The molecule has 2 aromatic rings. The van der Waals surface area contributed by atoms with Crippen molar-refractivity contribution < 1.29 is 19.4 Å². The quantitative estimate of drug-likeness (QED) is 0.460. The van der Waals surface area contributed by atoms with Gasteiger partial charge < -0.3 is 4.74 Å². The zero-order valence-electron chi connectivity index (χ0n) is 11.9. The second kappa shape index (κ2) is 7.12. The molecule has 0 bridgehead atoms. The number of ether oxygens (including phenoxy) is 1. The van der Waals surface area contributed by atoms with E-state index in [-0.39, 0.29) is 12.0 Å². The maximum atomic E-state index is 11.8. The molecule has 0 unspecified atom stereocenters. The number of nitro benzene ring substituents is 2. The van der Waals surface area contributed by atoms with E-state index in [0.29, 0.717) is 0 Å². The Bertz CT molecular complexity index is 713.